The van der Waals surface area contributed by atoms with Crippen LogP contribution in [0.25, 0.3) is 10.9 Å². The van der Waals surface area contributed by atoms with Crippen molar-refractivity contribution in [1.29, 1.82) is 0 Å². The van der Waals surface area contributed by atoms with Gasteiger partial charge in [0.2, 0.25) is 5.91 Å². The van der Waals surface area contributed by atoms with E-state index in [1.165, 1.54) is 0 Å². The number of para-hydroxylation sites is 1. The molecule has 0 fully saturated rings. The van der Waals surface area contributed by atoms with Crippen LogP contribution in [0, 0.1) is 0 Å². The predicted molar refractivity (Wildman–Crippen MR) is 133 cm³/mol. The van der Waals surface area contributed by atoms with E-state index in [2.05, 4.69) is 39.9 Å². The van der Waals surface area contributed by atoms with E-state index in [9.17, 15) is 9.59 Å². The van der Waals surface area contributed by atoms with Gasteiger partial charge in [0, 0.05) is 53.1 Å². The van der Waals surface area contributed by atoms with Crippen LogP contribution >= 0.6 is 11.6 Å². The molecule has 4 rings (SSSR count). The number of nitrogens with one attached hydrogen (secondary N) is 3. The van der Waals surface area contributed by atoms with Crippen molar-refractivity contribution in [1.82, 2.24) is 15.6 Å². The molecule has 0 bridgehead atoms. The Balaban J connectivity index is 1.32. The molecule has 3 aromatic carbocycles. The van der Waals surface area contributed by atoms with E-state index in [-0.39, 0.29) is 17.7 Å². The van der Waals surface area contributed by atoms with Crippen LogP contribution in [0.5, 0.6) is 0 Å². The lowest BCUT2D eigenvalue weighted by Crippen LogP contribution is -2.30. The van der Waals surface area contributed by atoms with E-state index in [0.717, 1.165) is 22.0 Å². The van der Waals surface area contributed by atoms with Gasteiger partial charge in [0.05, 0.1) is 0 Å². The summed E-state index contributed by atoms with van der Waals surface area (Å²) in [7, 11) is 0. The number of H-pyrrole nitrogens is 1. The molecule has 2 amide bonds. The number of aromatic amines is 1. The molecule has 5 nitrogen and oxygen atoms in total. The molecule has 1 aromatic heterocycles. The first-order chi connectivity index (χ1) is 16.1. The highest BCUT2D eigenvalue weighted by atomic mass is 35.5. The summed E-state index contributed by atoms with van der Waals surface area (Å²) < 4.78 is 0. The van der Waals surface area contributed by atoms with Gasteiger partial charge in [-0.25, -0.2) is 0 Å². The van der Waals surface area contributed by atoms with Gasteiger partial charge in [-0.1, -0.05) is 60.1 Å². The van der Waals surface area contributed by atoms with Crippen molar-refractivity contribution < 1.29 is 9.59 Å². The second-order valence-corrected chi connectivity index (χ2v) is 8.36. The molecular weight excluding hydrogens is 434 g/mol. The Kier molecular flexibility index (Phi) is 7.43. The number of amides is 2. The van der Waals surface area contributed by atoms with Crippen molar-refractivity contribution in [2.45, 2.75) is 18.8 Å². The third-order valence-electron chi connectivity index (χ3n) is 5.67. The largest absolute Gasteiger partial charge is 0.361 e. The number of hydrogen-bond donors (Lipinski definition) is 3. The first-order valence-electron chi connectivity index (χ1n) is 11.0. The van der Waals surface area contributed by atoms with E-state index in [1.807, 2.05) is 36.5 Å². The molecule has 0 aliphatic carbocycles. The Labute approximate surface area is 198 Å². The number of rotatable bonds is 9. The van der Waals surface area contributed by atoms with Crippen LogP contribution in [0.15, 0.2) is 85.1 Å². The molecule has 0 aliphatic heterocycles. The average Bonchev–Trinajstić information content (AvgIpc) is 3.27. The van der Waals surface area contributed by atoms with Crippen molar-refractivity contribution in [3.8, 4) is 0 Å². The molecule has 4 aromatic rings. The zero-order chi connectivity index (χ0) is 23.0. The minimum absolute atomic E-state index is 0.0310. The Morgan fingerprint density at radius 1 is 0.879 bits per heavy atom. The maximum Gasteiger partial charge on any atom is 0.251 e. The lowest BCUT2D eigenvalue weighted by molar-refractivity contribution is -0.121. The normalized spacial score (nSPS) is 11.8. The molecule has 1 atom stereocenters. The van der Waals surface area contributed by atoms with Crippen LogP contribution < -0.4 is 10.6 Å². The first-order valence-corrected chi connectivity index (χ1v) is 11.4. The monoisotopic (exact) mass is 459 g/mol. The Morgan fingerprint density at radius 2 is 1.61 bits per heavy atom. The van der Waals surface area contributed by atoms with Crippen molar-refractivity contribution >= 4 is 34.3 Å². The SMILES string of the molecule is O=C(CCCNC(=O)c1ccc(Cl)cc1)NCC(c1ccccc1)c1c[nH]c2ccccc12. The Hall–Kier alpha value is -3.57. The van der Waals surface area contributed by atoms with Crippen LogP contribution in [0.1, 0.15) is 40.2 Å². The van der Waals surface area contributed by atoms with Crippen LogP contribution in [0.2, 0.25) is 5.02 Å². The van der Waals surface area contributed by atoms with Gasteiger partial charge in [-0.05, 0) is 47.9 Å². The zero-order valence-corrected chi connectivity index (χ0v) is 18.9. The van der Waals surface area contributed by atoms with Crippen LogP contribution in [0.4, 0.5) is 0 Å². The molecule has 0 saturated heterocycles. The van der Waals surface area contributed by atoms with Gasteiger partial charge in [0.1, 0.15) is 0 Å². The van der Waals surface area contributed by atoms with Gasteiger partial charge in [0.25, 0.3) is 5.91 Å². The maximum absolute atomic E-state index is 12.5. The summed E-state index contributed by atoms with van der Waals surface area (Å²) in [6.45, 7) is 0.932. The fraction of sp³-hybridized carbons (Fsp3) is 0.185. The van der Waals surface area contributed by atoms with E-state index >= 15 is 0 Å². The lowest BCUT2D eigenvalue weighted by Gasteiger charge is -2.18. The third-order valence-corrected chi connectivity index (χ3v) is 5.93. The number of fused-ring (bicyclic) bond motifs is 1. The van der Waals surface area contributed by atoms with E-state index in [1.54, 1.807) is 24.3 Å². The fourth-order valence-electron chi connectivity index (χ4n) is 3.93. The number of carbonyl (C=O) groups is 2. The number of hydrogen-bond acceptors (Lipinski definition) is 2. The van der Waals surface area contributed by atoms with Crippen molar-refractivity contribution in [3.63, 3.8) is 0 Å². The van der Waals surface area contributed by atoms with Gasteiger partial charge in [-0.15, -0.1) is 0 Å². The molecule has 0 saturated carbocycles. The summed E-state index contributed by atoms with van der Waals surface area (Å²) in [5.74, 6) is -0.164. The smallest absolute Gasteiger partial charge is 0.251 e. The standard InChI is InChI=1S/C27H26ClN3O2/c28-21-14-12-20(13-15-21)27(33)29-16-6-11-26(32)31-17-23(19-7-2-1-3-8-19)24-18-30-25-10-5-4-9-22(24)25/h1-5,7-10,12-15,18,23,30H,6,11,16-17H2,(H,29,33)(H,31,32). The summed E-state index contributed by atoms with van der Waals surface area (Å²) in [5, 5.41) is 7.67. The second kappa shape index (κ2) is 10.8. The summed E-state index contributed by atoms with van der Waals surface area (Å²) >= 11 is 5.85. The van der Waals surface area contributed by atoms with Gasteiger partial charge >= 0.3 is 0 Å². The lowest BCUT2D eigenvalue weighted by atomic mass is 9.91. The van der Waals surface area contributed by atoms with E-state index < -0.39 is 0 Å². The highest BCUT2D eigenvalue weighted by Gasteiger charge is 2.19. The molecule has 3 N–H and O–H groups in total. The number of carbonyl (C=O) groups excluding carboxylic acids is 2. The highest BCUT2D eigenvalue weighted by Crippen LogP contribution is 2.30. The predicted octanol–water partition coefficient (Wildman–Crippen LogP) is 5.28. The van der Waals surface area contributed by atoms with E-state index in [0.29, 0.717) is 36.5 Å². The number of benzene rings is 3. The maximum atomic E-state index is 12.5. The summed E-state index contributed by atoms with van der Waals surface area (Å²) in [6, 6.07) is 25.1. The minimum Gasteiger partial charge on any atom is -0.361 e. The zero-order valence-electron chi connectivity index (χ0n) is 18.2. The van der Waals surface area contributed by atoms with Gasteiger partial charge < -0.3 is 15.6 Å². The van der Waals surface area contributed by atoms with Gasteiger partial charge in [-0.2, -0.15) is 0 Å². The van der Waals surface area contributed by atoms with Crippen molar-refractivity contribution in [2.24, 2.45) is 0 Å². The molecule has 168 valence electrons. The molecule has 33 heavy (non-hydrogen) atoms. The van der Waals surface area contributed by atoms with Crippen molar-refractivity contribution in [2.75, 3.05) is 13.1 Å². The van der Waals surface area contributed by atoms with Crippen LogP contribution in [-0.2, 0) is 4.79 Å². The molecular formula is C27H26ClN3O2. The molecule has 1 heterocycles. The Bertz CT molecular complexity index is 1220. The van der Waals surface area contributed by atoms with E-state index in [4.69, 9.17) is 11.6 Å². The average molecular weight is 460 g/mol. The summed E-state index contributed by atoms with van der Waals surface area (Å²) in [4.78, 5) is 28.0. The third kappa shape index (κ3) is 5.82. The fourth-order valence-corrected chi connectivity index (χ4v) is 4.06. The number of halogens is 1. The molecule has 0 radical (unpaired) electrons. The van der Waals surface area contributed by atoms with Gasteiger partial charge in [0.15, 0.2) is 0 Å². The minimum atomic E-state index is -0.171. The van der Waals surface area contributed by atoms with Crippen LogP contribution in [-0.4, -0.2) is 29.9 Å². The highest BCUT2D eigenvalue weighted by molar-refractivity contribution is 6.30. The second-order valence-electron chi connectivity index (χ2n) is 7.92. The molecule has 6 heteroatoms. The van der Waals surface area contributed by atoms with Gasteiger partial charge in [-0.3, -0.25) is 9.59 Å². The molecule has 0 aliphatic rings. The quantitative estimate of drug-likeness (QED) is 0.298. The first kappa shape index (κ1) is 22.6. The summed E-state index contributed by atoms with van der Waals surface area (Å²) in [6.07, 6.45) is 2.94. The molecule has 1 unspecified atom stereocenters. The topological polar surface area (TPSA) is 74.0 Å². The summed E-state index contributed by atoms with van der Waals surface area (Å²) in [5.41, 5.74) is 3.94. The molecule has 0 spiro atoms. The van der Waals surface area contributed by atoms with Crippen LogP contribution in [0.3, 0.4) is 0 Å². The van der Waals surface area contributed by atoms with Crippen molar-refractivity contribution in [3.05, 3.63) is 107 Å². The number of aromatic nitrogens is 1. The Morgan fingerprint density at radius 3 is 2.39 bits per heavy atom.